The second kappa shape index (κ2) is 8.13. The van der Waals surface area contributed by atoms with Crippen molar-refractivity contribution in [3.05, 3.63) is 69.5 Å². The van der Waals surface area contributed by atoms with Crippen molar-refractivity contribution in [2.45, 2.75) is 13.0 Å². The molecule has 7 heteroatoms. The molecule has 1 N–H and O–H groups in total. The topological polar surface area (TPSA) is 55.4 Å². The lowest BCUT2D eigenvalue weighted by atomic mass is 10.1. The van der Waals surface area contributed by atoms with Crippen LogP contribution >= 0.6 is 23.2 Å². The quantitative estimate of drug-likeness (QED) is 0.804. The SMILES string of the molecule is C[C@H](NC(=O)COC(=O)c1cc(Cl)ccc1F)c1ccc(Cl)cc1. The van der Waals surface area contributed by atoms with E-state index in [1.165, 1.54) is 6.07 Å². The van der Waals surface area contributed by atoms with Gasteiger partial charge in [-0.2, -0.15) is 0 Å². The minimum Gasteiger partial charge on any atom is -0.452 e. The smallest absolute Gasteiger partial charge is 0.341 e. The molecule has 0 radical (unpaired) electrons. The first kappa shape index (κ1) is 18.2. The highest BCUT2D eigenvalue weighted by Crippen LogP contribution is 2.17. The van der Waals surface area contributed by atoms with Gasteiger partial charge in [0, 0.05) is 10.0 Å². The van der Waals surface area contributed by atoms with Crippen molar-refractivity contribution in [3.63, 3.8) is 0 Å². The molecule has 0 bridgehead atoms. The van der Waals surface area contributed by atoms with Gasteiger partial charge in [-0.3, -0.25) is 4.79 Å². The second-order valence-corrected chi connectivity index (χ2v) is 5.91. The first-order chi connectivity index (χ1) is 11.4. The first-order valence-corrected chi connectivity index (χ1v) is 7.79. The molecule has 1 amide bonds. The van der Waals surface area contributed by atoms with E-state index in [1.54, 1.807) is 31.2 Å². The Kier molecular flexibility index (Phi) is 6.17. The van der Waals surface area contributed by atoms with E-state index in [0.29, 0.717) is 5.02 Å². The molecule has 0 fully saturated rings. The molecule has 0 saturated carbocycles. The van der Waals surface area contributed by atoms with Gasteiger partial charge in [-0.05, 0) is 42.8 Å². The van der Waals surface area contributed by atoms with Crippen molar-refractivity contribution in [2.24, 2.45) is 0 Å². The Morgan fingerprint density at radius 1 is 1.12 bits per heavy atom. The summed E-state index contributed by atoms with van der Waals surface area (Å²) in [5, 5.41) is 3.46. The van der Waals surface area contributed by atoms with Crippen LogP contribution in [-0.2, 0) is 9.53 Å². The van der Waals surface area contributed by atoms with Crippen LogP contribution in [0.15, 0.2) is 42.5 Å². The third-order valence-electron chi connectivity index (χ3n) is 3.23. The van der Waals surface area contributed by atoms with E-state index in [2.05, 4.69) is 5.32 Å². The highest BCUT2D eigenvalue weighted by atomic mass is 35.5. The largest absolute Gasteiger partial charge is 0.452 e. The van der Waals surface area contributed by atoms with Crippen molar-refractivity contribution in [3.8, 4) is 0 Å². The number of carbonyl (C=O) groups excluding carboxylic acids is 2. The molecule has 0 aliphatic carbocycles. The lowest BCUT2D eigenvalue weighted by Crippen LogP contribution is -2.31. The zero-order chi connectivity index (χ0) is 17.7. The fraction of sp³-hybridized carbons (Fsp3) is 0.176. The van der Waals surface area contributed by atoms with Crippen LogP contribution in [0.3, 0.4) is 0 Å². The number of hydrogen-bond acceptors (Lipinski definition) is 3. The van der Waals surface area contributed by atoms with Gasteiger partial charge >= 0.3 is 5.97 Å². The fourth-order valence-corrected chi connectivity index (χ4v) is 2.28. The second-order valence-electron chi connectivity index (χ2n) is 5.04. The highest BCUT2D eigenvalue weighted by Gasteiger charge is 2.16. The average Bonchev–Trinajstić information content (AvgIpc) is 2.55. The average molecular weight is 370 g/mol. The number of nitrogens with one attached hydrogen (secondary N) is 1. The predicted octanol–water partition coefficient (Wildman–Crippen LogP) is 4.17. The van der Waals surface area contributed by atoms with Crippen molar-refractivity contribution >= 4 is 35.1 Å². The maximum Gasteiger partial charge on any atom is 0.341 e. The Bertz CT molecular complexity index is 750. The molecule has 0 spiro atoms. The molecule has 0 aromatic heterocycles. The van der Waals surface area contributed by atoms with Gasteiger partial charge in [0.15, 0.2) is 6.61 Å². The molecule has 0 aliphatic rings. The molecule has 0 aliphatic heterocycles. The predicted molar refractivity (Wildman–Crippen MR) is 89.7 cm³/mol. The van der Waals surface area contributed by atoms with Crippen LogP contribution in [0.1, 0.15) is 28.9 Å². The van der Waals surface area contributed by atoms with Crippen LogP contribution in [0.5, 0.6) is 0 Å². The van der Waals surface area contributed by atoms with Gasteiger partial charge in [0.25, 0.3) is 5.91 Å². The number of benzene rings is 2. The van der Waals surface area contributed by atoms with Crippen LogP contribution in [0.2, 0.25) is 10.0 Å². The van der Waals surface area contributed by atoms with Crippen LogP contribution in [0.4, 0.5) is 4.39 Å². The highest BCUT2D eigenvalue weighted by molar-refractivity contribution is 6.31. The minimum atomic E-state index is -0.954. The van der Waals surface area contributed by atoms with Crippen molar-refractivity contribution in [2.75, 3.05) is 6.61 Å². The lowest BCUT2D eigenvalue weighted by molar-refractivity contribution is -0.124. The summed E-state index contributed by atoms with van der Waals surface area (Å²) in [6, 6.07) is 10.2. The number of rotatable bonds is 5. The molecule has 2 rings (SSSR count). The molecule has 2 aromatic carbocycles. The van der Waals surface area contributed by atoms with Gasteiger partial charge in [-0.1, -0.05) is 35.3 Å². The Morgan fingerprint density at radius 3 is 2.42 bits per heavy atom. The zero-order valence-electron chi connectivity index (χ0n) is 12.7. The monoisotopic (exact) mass is 369 g/mol. The Labute approximate surface area is 148 Å². The molecule has 1 atom stereocenters. The molecule has 0 heterocycles. The van der Waals surface area contributed by atoms with E-state index in [0.717, 1.165) is 17.7 Å². The Balaban J connectivity index is 1.89. The third kappa shape index (κ3) is 4.94. The van der Waals surface area contributed by atoms with E-state index in [4.69, 9.17) is 27.9 Å². The molecule has 0 saturated heterocycles. The van der Waals surface area contributed by atoms with E-state index in [9.17, 15) is 14.0 Å². The summed E-state index contributed by atoms with van der Waals surface area (Å²) >= 11 is 11.5. The van der Waals surface area contributed by atoms with E-state index in [1.807, 2.05) is 0 Å². The summed E-state index contributed by atoms with van der Waals surface area (Å²) in [4.78, 5) is 23.6. The standard InChI is InChI=1S/C17H14Cl2FNO3/c1-10(11-2-4-12(18)5-3-11)21-16(22)9-24-17(23)14-8-13(19)6-7-15(14)20/h2-8,10H,9H2,1H3,(H,21,22)/t10-/m0/s1. The lowest BCUT2D eigenvalue weighted by Gasteiger charge is -2.14. The summed E-state index contributed by atoms with van der Waals surface area (Å²) in [6.07, 6.45) is 0. The maximum atomic E-state index is 13.5. The molecule has 24 heavy (non-hydrogen) atoms. The molecule has 0 unspecified atom stereocenters. The normalized spacial score (nSPS) is 11.7. The summed E-state index contributed by atoms with van der Waals surface area (Å²) < 4.78 is 18.3. The number of amides is 1. The van der Waals surface area contributed by atoms with Crippen LogP contribution in [0, 0.1) is 5.82 Å². The number of hydrogen-bond donors (Lipinski definition) is 1. The maximum absolute atomic E-state index is 13.5. The van der Waals surface area contributed by atoms with Gasteiger partial charge in [0.2, 0.25) is 0 Å². The molecular formula is C17H14Cl2FNO3. The van der Waals surface area contributed by atoms with Gasteiger partial charge < -0.3 is 10.1 Å². The van der Waals surface area contributed by atoms with Gasteiger partial charge in [0.05, 0.1) is 11.6 Å². The number of esters is 1. The van der Waals surface area contributed by atoms with E-state index >= 15 is 0 Å². The Morgan fingerprint density at radius 2 is 1.75 bits per heavy atom. The number of ether oxygens (including phenoxy) is 1. The molecule has 126 valence electrons. The zero-order valence-corrected chi connectivity index (χ0v) is 14.2. The molecular weight excluding hydrogens is 356 g/mol. The van der Waals surface area contributed by atoms with Crippen molar-refractivity contribution in [1.29, 1.82) is 0 Å². The van der Waals surface area contributed by atoms with E-state index in [-0.39, 0.29) is 16.6 Å². The van der Waals surface area contributed by atoms with E-state index < -0.39 is 24.3 Å². The summed E-state index contributed by atoms with van der Waals surface area (Å²) in [7, 11) is 0. The number of halogens is 3. The minimum absolute atomic E-state index is 0.198. The van der Waals surface area contributed by atoms with Crippen LogP contribution in [0.25, 0.3) is 0 Å². The van der Waals surface area contributed by atoms with Crippen LogP contribution < -0.4 is 5.32 Å². The summed E-state index contributed by atoms with van der Waals surface area (Å²) in [5.41, 5.74) is 0.529. The van der Waals surface area contributed by atoms with Crippen molar-refractivity contribution in [1.82, 2.24) is 5.32 Å². The fourth-order valence-electron chi connectivity index (χ4n) is 1.98. The van der Waals surface area contributed by atoms with Crippen LogP contribution in [-0.4, -0.2) is 18.5 Å². The molecule has 4 nitrogen and oxygen atoms in total. The Hall–Kier alpha value is -2.11. The van der Waals surface area contributed by atoms with Gasteiger partial charge in [-0.15, -0.1) is 0 Å². The van der Waals surface area contributed by atoms with Crippen molar-refractivity contribution < 1.29 is 18.7 Å². The number of carbonyl (C=O) groups is 2. The third-order valence-corrected chi connectivity index (χ3v) is 3.72. The van der Waals surface area contributed by atoms with Gasteiger partial charge in [-0.25, -0.2) is 9.18 Å². The van der Waals surface area contributed by atoms with Gasteiger partial charge in [0.1, 0.15) is 5.82 Å². The first-order valence-electron chi connectivity index (χ1n) is 7.04. The molecule has 2 aromatic rings. The summed E-state index contributed by atoms with van der Waals surface area (Å²) in [6.45, 7) is 1.25. The summed E-state index contributed by atoms with van der Waals surface area (Å²) in [5.74, 6) is -2.23.